The number of benzene rings is 1. The zero-order valence-electron chi connectivity index (χ0n) is 10.2. The number of hydrogen-bond donors (Lipinski definition) is 3. The number of rotatable bonds is 4. The van der Waals surface area contributed by atoms with Crippen LogP contribution in [0.5, 0.6) is 11.5 Å². The van der Waals surface area contributed by atoms with Crippen molar-refractivity contribution in [3.8, 4) is 11.5 Å². The third-order valence-corrected chi connectivity index (χ3v) is 3.61. The second kappa shape index (κ2) is 5.00. The molecular weight excluding hydrogens is 264 g/mol. The summed E-state index contributed by atoms with van der Waals surface area (Å²) in [5.41, 5.74) is 7.10. The van der Waals surface area contributed by atoms with Crippen molar-refractivity contribution >= 4 is 28.6 Å². The van der Waals surface area contributed by atoms with Gasteiger partial charge in [0.2, 0.25) is 0 Å². The Kier molecular flexibility index (Phi) is 3.20. The van der Waals surface area contributed by atoms with Crippen LogP contribution in [0.1, 0.15) is 6.42 Å². The molecule has 2 heterocycles. The topological polar surface area (TPSA) is 97.0 Å². The quantitative estimate of drug-likeness (QED) is 0.450. The Hall–Kier alpha value is -1.89. The molecule has 0 unspecified atom stereocenters. The van der Waals surface area contributed by atoms with Crippen LogP contribution in [0.25, 0.3) is 11.0 Å². The van der Waals surface area contributed by atoms with E-state index in [0.29, 0.717) is 19.6 Å². The summed E-state index contributed by atoms with van der Waals surface area (Å²) < 4.78 is 11.1. The van der Waals surface area contributed by atoms with Crippen LogP contribution in [0.3, 0.4) is 0 Å². The summed E-state index contributed by atoms with van der Waals surface area (Å²) in [6, 6.07) is 3.79. The van der Waals surface area contributed by atoms with Crippen LogP contribution in [0.4, 0.5) is 0 Å². The highest BCUT2D eigenvalue weighted by atomic mass is 32.2. The number of hydrogen-bond acceptors (Lipinski definition) is 5. The standard InChI is InChI=1S/C12H14N4O2S/c13-11(14)1-4-19-12-15-7-5-9-10(6-8(7)16-12)18-3-2-17-9/h5-6H,1-4H2,(H3,13,14)(H,15,16). The molecule has 4 N–H and O–H groups in total. The number of aromatic nitrogens is 2. The Morgan fingerprint density at radius 1 is 1.37 bits per heavy atom. The summed E-state index contributed by atoms with van der Waals surface area (Å²) in [5, 5.41) is 8.00. The van der Waals surface area contributed by atoms with Crippen molar-refractivity contribution < 1.29 is 9.47 Å². The Morgan fingerprint density at radius 2 is 2.11 bits per heavy atom. The normalized spacial score (nSPS) is 13.7. The average Bonchev–Trinajstić information content (AvgIpc) is 2.77. The predicted molar refractivity (Wildman–Crippen MR) is 74.3 cm³/mol. The van der Waals surface area contributed by atoms with E-state index in [-0.39, 0.29) is 5.84 Å². The first-order valence-corrected chi connectivity index (χ1v) is 6.96. The van der Waals surface area contributed by atoms with Gasteiger partial charge < -0.3 is 20.2 Å². The number of nitrogens with two attached hydrogens (primary N) is 1. The molecular formula is C12H14N4O2S. The number of H-pyrrole nitrogens is 1. The highest BCUT2D eigenvalue weighted by Crippen LogP contribution is 2.34. The van der Waals surface area contributed by atoms with Gasteiger partial charge in [-0.05, 0) is 0 Å². The molecule has 0 fully saturated rings. The molecule has 1 aromatic heterocycles. The maximum Gasteiger partial charge on any atom is 0.166 e. The predicted octanol–water partition coefficient (Wildman–Crippen LogP) is 1.75. The zero-order valence-corrected chi connectivity index (χ0v) is 11.0. The van der Waals surface area contributed by atoms with Gasteiger partial charge in [-0.3, -0.25) is 5.41 Å². The van der Waals surface area contributed by atoms with Gasteiger partial charge in [-0.15, -0.1) is 0 Å². The average molecular weight is 278 g/mol. The molecule has 1 aliphatic heterocycles. The third kappa shape index (κ3) is 2.60. The second-order valence-electron chi connectivity index (χ2n) is 4.18. The smallest absolute Gasteiger partial charge is 0.166 e. The summed E-state index contributed by atoms with van der Waals surface area (Å²) in [4.78, 5) is 7.70. The number of amidine groups is 1. The van der Waals surface area contributed by atoms with Gasteiger partial charge in [0.05, 0.1) is 16.9 Å². The van der Waals surface area contributed by atoms with Crippen LogP contribution in [0.15, 0.2) is 17.3 Å². The minimum absolute atomic E-state index is 0.195. The third-order valence-electron chi connectivity index (χ3n) is 2.73. The maximum absolute atomic E-state index is 7.18. The SMILES string of the molecule is N=C(N)CCSc1nc2cc3c(cc2[nH]1)OCCO3. The summed E-state index contributed by atoms with van der Waals surface area (Å²) in [6.07, 6.45) is 0.560. The number of nitrogens with one attached hydrogen (secondary N) is 2. The van der Waals surface area contributed by atoms with Crippen LogP contribution in [-0.2, 0) is 0 Å². The summed E-state index contributed by atoms with van der Waals surface area (Å²) in [7, 11) is 0. The molecule has 0 radical (unpaired) electrons. The van der Waals surface area contributed by atoms with E-state index in [1.54, 1.807) is 11.8 Å². The van der Waals surface area contributed by atoms with E-state index < -0.39 is 0 Å². The van der Waals surface area contributed by atoms with Gasteiger partial charge in [-0.25, -0.2) is 4.98 Å². The lowest BCUT2D eigenvalue weighted by Crippen LogP contribution is -2.15. The van der Waals surface area contributed by atoms with E-state index in [9.17, 15) is 0 Å². The summed E-state index contributed by atoms with van der Waals surface area (Å²) >= 11 is 1.55. The van der Waals surface area contributed by atoms with E-state index in [2.05, 4.69) is 9.97 Å². The molecule has 6 nitrogen and oxygen atoms in total. The molecule has 0 atom stereocenters. The van der Waals surface area contributed by atoms with Crippen molar-refractivity contribution in [2.45, 2.75) is 11.6 Å². The highest BCUT2D eigenvalue weighted by molar-refractivity contribution is 7.99. The summed E-state index contributed by atoms with van der Waals surface area (Å²) in [5.74, 6) is 2.43. The van der Waals surface area contributed by atoms with Crippen molar-refractivity contribution in [3.63, 3.8) is 0 Å². The van der Waals surface area contributed by atoms with Crippen molar-refractivity contribution in [2.75, 3.05) is 19.0 Å². The Morgan fingerprint density at radius 3 is 2.84 bits per heavy atom. The van der Waals surface area contributed by atoms with Crippen LogP contribution in [0.2, 0.25) is 0 Å². The van der Waals surface area contributed by atoms with E-state index in [0.717, 1.165) is 33.4 Å². The lowest BCUT2D eigenvalue weighted by molar-refractivity contribution is 0.172. The largest absolute Gasteiger partial charge is 0.486 e. The monoisotopic (exact) mass is 278 g/mol. The number of thioether (sulfide) groups is 1. The molecule has 2 aromatic rings. The lowest BCUT2D eigenvalue weighted by Gasteiger charge is -2.17. The van der Waals surface area contributed by atoms with E-state index in [1.807, 2.05) is 12.1 Å². The molecule has 7 heteroatoms. The number of imidazole rings is 1. The molecule has 0 spiro atoms. The Balaban J connectivity index is 1.82. The van der Waals surface area contributed by atoms with Crippen molar-refractivity contribution in [1.29, 1.82) is 5.41 Å². The molecule has 0 amide bonds. The highest BCUT2D eigenvalue weighted by Gasteiger charge is 2.14. The van der Waals surface area contributed by atoms with Gasteiger partial charge in [-0.2, -0.15) is 0 Å². The fraction of sp³-hybridized carbons (Fsp3) is 0.333. The maximum atomic E-state index is 7.18. The van der Waals surface area contributed by atoms with Crippen molar-refractivity contribution in [1.82, 2.24) is 9.97 Å². The van der Waals surface area contributed by atoms with Crippen LogP contribution < -0.4 is 15.2 Å². The lowest BCUT2D eigenvalue weighted by atomic mass is 10.2. The van der Waals surface area contributed by atoms with Gasteiger partial charge in [-0.1, -0.05) is 11.8 Å². The Bertz CT molecular complexity index is 582. The number of aromatic amines is 1. The second-order valence-corrected chi connectivity index (χ2v) is 5.26. The zero-order chi connectivity index (χ0) is 13.2. The first kappa shape index (κ1) is 12.2. The molecule has 0 bridgehead atoms. The summed E-state index contributed by atoms with van der Waals surface area (Å²) in [6.45, 7) is 1.15. The molecule has 1 aromatic carbocycles. The minimum atomic E-state index is 0.195. The fourth-order valence-electron chi connectivity index (χ4n) is 1.85. The molecule has 0 aliphatic carbocycles. The van der Waals surface area contributed by atoms with Crippen LogP contribution >= 0.6 is 11.8 Å². The van der Waals surface area contributed by atoms with Gasteiger partial charge in [0.1, 0.15) is 13.2 Å². The molecule has 19 heavy (non-hydrogen) atoms. The van der Waals surface area contributed by atoms with E-state index in [4.69, 9.17) is 20.6 Å². The first-order valence-electron chi connectivity index (χ1n) is 5.97. The van der Waals surface area contributed by atoms with E-state index in [1.165, 1.54) is 0 Å². The van der Waals surface area contributed by atoms with Gasteiger partial charge in [0, 0.05) is 24.3 Å². The number of ether oxygens (including phenoxy) is 2. The number of nitrogens with zero attached hydrogens (tertiary/aromatic N) is 1. The molecule has 100 valence electrons. The number of fused-ring (bicyclic) bond motifs is 2. The van der Waals surface area contributed by atoms with Gasteiger partial charge in [0.15, 0.2) is 16.7 Å². The van der Waals surface area contributed by atoms with Crippen molar-refractivity contribution in [3.05, 3.63) is 12.1 Å². The van der Waals surface area contributed by atoms with Gasteiger partial charge in [0.25, 0.3) is 0 Å². The van der Waals surface area contributed by atoms with E-state index >= 15 is 0 Å². The fourth-order valence-corrected chi connectivity index (χ4v) is 2.71. The Labute approximate surface area is 114 Å². The molecule has 0 saturated heterocycles. The van der Waals surface area contributed by atoms with Crippen molar-refractivity contribution in [2.24, 2.45) is 5.73 Å². The van der Waals surface area contributed by atoms with Crippen LogP contribution in [0, 0.1) is 5.41 Å². The molecule has 3 rings (SSSR count). The molecule has 1 aliphatic rings. The minimum Gasteiger partial charge on any atom is -0.486 e. The van der Waals surface area contributed by atoms with Crippen LogP contribution in [-0.4, -0.2) is 34.8 Å². The van der Waals surface area contributed by atoms with Gasteiger partial charge >= 0.3 is 0 Å². The molecule has 0 saturated carbocycles. The first-order chi connectivity index (χ1) is 9.22.